The number of hydrogen-bond donors (Lipinski definition) is 1. The van der Waals surface area contributed by atoms with Gasteiger partial charge in [0.25, 0.3) is 0 Å². The van der Waals surface area contributed by atoms with E-state index in [0.717, 1.165) is 5.69 Å². The van der Waals surface area contributed by atoms with Crippen molar-refractivity contribution >= 4 is 5.78 Å². The Kier molecular flexibility index (Phi) is 3.50. The van der Waals surface area contributed by atoms with Gasteiger partial charge >= 0.3 is 0 Å². The van der Waals surface area contributed by atoms with Crippen LogP contribution in [0.3, 0.4) is 0 Å². The molecular weight excluding hydrogens is 214 g/mol. The Balaban J connectivity index is 2.01. The Morgan fingerprint density at radius 3 is 2.59 bits per heavy atom. The molecule has 0 radical (unpaired) electrons. The molecule has 0 saturated carbocycles. The van der Waals surface area contributed by atoms with E-state index in [-0.39, 0.29) is 11.5 Å². The molecule has 1 heterocycles. The van der Waals surface area contributed by atoms with E-state index in [1.54, 1.807) is 24.4 Å². The normalized spacial score (nSPS) is 10.1. The van der Waals surface area contributed by atoms with Crippen LogP contribution in [-0.2, 0) is 6.42 Å². The van der Waals surface area contributed by atoms with Gasteiger partial charge in [-0.15, -0.1) is 0 Å². The number of aryl methyl sites for hydroxylation is 1. The standard InChI is InChI=1S/C14H13NO2/c16-13-7-2-1-6-12(13)14(17)9-8-11-5-3-4-10-15-11/h1-7,10,16H,8-9H2. The molecule has 0 aliphatic carbocycles. The molecule has 3 heteroatoms. The highest BCUT2D eigenvalue weighted by Gasteiger charge is 2.10. The first-order valence-corrected chi connectivity index (χ1v) is 5.48. The highest BCUT2D eigenvalue weighted by molar-refractivity contribution is 5.98. The number of Topliss-reactive ketones (excluding diaryl/α,β-unsaturated/α-hetero) is 1. The van der Waals surface area contributed by atoms with E-state index in [9.17, 15) is 9.90 Å². The lowest BCUT2D eigenvalue weighted by atomic mass is 10.0. The van der Waals surface area contributed by atoms with Crippen LogP contribution in [0.15, 0.2) is 48.7 Å². The maximum Gasteiger partial charge on any atom is 0.166 e. The number of phenols is 1. The van der Waals surface area contributed by atoms with Gasteiger partial charge in [-0.2, -0.15) is 0 Å². The Morgan fingerprint density at radius 2 is 1.88 bits per heavy atom. The van der Waals surface area contributed by atoms with Gasteiger partial charge in [0.2, 0.25) is 0 Å². The fourth-order valence-corrected chi connectivity index (χ4v) is 1.63. The van der Waals surface area contributed by atoms with E-state index >= 15 is 0 Å². The van der Waals surface area contributed by atoms with Crippen molar-refractivity contribution in [2.45, 2.75) is 12.8 Å². The molecule has 1 N–H and O–H groups in total. The van der Waals surface area contributed by atoms with E-state index < -0.39 is 0 Å². The number of benzene rings is 1. The SMILES string of the molecule is O=C(CCc1ccccn1)c1ccccc1O. The van der Waals surface area contributed by atoms with Crippen LogP contribution in [0.1, 0.15) is 22.5 Å². The average molecular weight is 227 g/mol. The van der Waals surface area contributed by atoms with Gasteiger partial charge in [-0.05, 0) is 30.7 Å². The van der Waals surface area contributed by atoms with Crippen LogP contribution < -0.4 is 0 Å². The van der Waals surface area contributed by atoms with Crippen molar-refractivity contribution in [2.24, 2.45) is 0 Å². The minimum atomic E-state index is -0.0613. The smallest absolute Gasteiger partial charge is 0.166 e. The van der Waals surface area contributed by atoms with Crippen molar-refractivity contribution in [2.75, 3.05) is 0 Å². The van der Waals surface area contributed by atoms with E-state index in [2.05, 4.69) is 4.98 Å². The fraction of sp³-hybridized carbons (Fsp3) is 0.143. The highest BCUT2D eigenvalue weighted by atomic mass is 16.3. The summed E-state index contributed by atoms with van der Waals surface area (Å²) in [6.07, 6.45) is 2.66. The van der Waals surface area contributed by atoms with Gasteiger partial charge in [0.15, 0.2) is 5.78 Å². The van der Waals surface area contributed by atoms with Gasteiger partial charge in [-0.25, -0.2) is 0 Å². The molecule has 17 heavy (non-hydrogen) atoms. The van der Waals surface area contributed by atoms with Crippen LogP contribution in [0, 0.1) is 0 Å². The Bertz CT molecular complexity index is 509. The topological polar surface area (TPSA) is 50.2 Å². The fourth-order valence-electron chi connectivity index (χ4n) is 1.63. The maximum atomic E-state index is 11.9. The van der Waals surface area contributed by atoms with Crippen molar-refractivity contribution < 1.29 is 9.90 Å². The first-order valence-electron chi connectivity index (χ1n) is 5.48. The second kappa shape index (κ2) is 5.25. The monoisotopic (exact) mass is 227 g/mol. The number of hydrogen-bond acceptors (Lipinski definition) is 3. The van der Waals surface area contributed by atoms with Crippen LogP contribution in [0.5, 0.6) is 5.75 Å². The van der Waals surface area contributed by atoms with Gasteiger partial charge in [-0.1, -0.05) is 18.2 Å². The number of carbonyl (C=O) groups is 1. The van der Waals surface area contributed by atoms with Crippen molar-refractivity contribution in [3.8, 4) is 5.75 Å². The van der Waals surface area contributed by atoms with Crippen LogP contribution in [-0.4, -0.2) is 15.9 Å². The number of aromatic hydroxyl groups is 1. The summed E-state index contributed by atoms with van der Waals surface area (Å²) in [6.45, 7) is 0. The predicted octanol–water partition coefficient (Wildman–Crippen LogP) is 2.60. The minimum Gasteiger partial charge on any atom is -0.507 e. The lowest BCUT2D eigenvalue weighted by Gasteiger charge is -2.03. The van der Waals surface area contributed by atoms with Gasteiger partial charge in [0.1, 0.15) is 5.75 Å². The molecule has 2 rings (SSSR count). The molecule has 0 bridgehead atoms. The van der Waals surface area contributed by atoms with E-state index in [4.69, 9.17) is 0 Å². The molecule has 1 aromatic heterocycles. The summed E-state index contributed by atoms with van der Waals surface area (Å²) in [5, 5.41) is 9.54. The lowest BCUT2D eigenvalue weighted by Crippen LogP contribution is -2.02. The Morgan fingerprint density at radius 1 is 1.12 bits per heavy atom. The second-order valence-electron chi connectivity index (χ2n) is 3.76. The summed E-state index contributed by atoms with van der Waals surface area (Å²) < 4.78 is 0. The summed E-state index contributed by atoms with van der Waals surface area (Å²) in [5.41, 5.74) is 1.26. The quantitative estimate of drug-likeness (QED) is 0.817. The number of aromatic nitrogens is 1. The maximum absolute atomic E-state index is 11.9. The number of para-hydroxylation sites is 1. The molecule has 2 aromatic rings. The number of phenolic OH excluding ortho intramolecular Hbond substituents is 1. The van der Waals surface area contributed by atoms with Crippen LogP contribution in [0.2, 0.25) is 0 Å². The molecule has 0 saturated heterocycles. The van der Waals surface area contributed by atoms with Crippen molar-refractivity contribution in [3.63, 3.8) is 0 Å². The Hall–Kier alpha value is -2.16. The molecular formula is C14H13NO2. The number of carbonyl (C=O) groups excluding carboxylic acids is 1. The van der Waals surface area contributed by atoms with Crippen LogP contribution in [0.25, 0.3) is 0 Å². The first-order chi connectivity index (χ1) is 8.27. The summed E-state index contributed by atoms with van der Waals surface area (Å²) in [5.74, 6) is -0.0210. The zero-order valence-electron chi connectivity index (χ0n) is 9.34. The van der Waals surface area contributed by atoms with Crippen molar-refractivity contribution in [1.29, 1.82) is 0 Å². The van der Waals surface area contributed by atoms with Gasteiger partial charge in [-0.3, -0.25) is 9.78 Å². The second-order valence-corrected chi connectivity index (χ2v) is 3.76. The van der Waals surface area contributed by atoms with E-state index in [1.165, 1.54) is 6.07 Å². The Labute approximate surface area is 99.8 Å². The molecule has 0 aliphatic rings. The molecule has 0 aliphatic heterocycles. The number of rotatable bonds is 4. The molecule has 3 nitrogen and oxygen atoms in total. The summed E-state index contributed by atoms with van der Waals surface area (Å²) in [7, 11) is 0. The number of ketones is 1. The summed E-state index contributed by atoms with van der Waals surface area (Å²) >= 11 is 0. The molecule has 0 unspecified atom stereocenters. The minimum absolute atomic E-state index is 0.0403. The molecule has 86 valence electrons. The zero-order valence-corrected chi connectivity index (χ0v) is 9.34. The lowest BCUT2D eigenvalue weighted by molar-refractivity contribution is 0.0980. The van der Waals surface area contributed by atoms with Gasteiger partial charge in [0, 0.05) is 18.3 Å². The number of pyridine rings is 1. The molecule has 1 aromatic carbocycles. The molecule has 0 fully saturated rings. The third kappa shape index (κ3) is 2.91. The molecule has 0 amide bonds. The van der Waals surface area contributed by atoms with E-state index in [1.807, 2.05) is 18.2 Å². The van der Waals surface area contributed by atoms with Gasteiger partial charge < -0.3 is 5.11 Å². The van der Waals surface area contributed by atoms with Gasteiger partial charge in [0.05, 0.1) is 5.56 Å². The van der Waals surface area contributed by atoms with Crippen molar-refractivity contribution in [3.05, 3.63) is 59.9 Å². The summed E-state index contributed by atoms with van der Waals surface area (Å²) in [6, 6.07) is 12.2. The van der Waals surface area contributed by atoms with Crippen molar-refractivity contribution in [1.82, 2.24) is 4.98 Å². The average Bonchev–Trinajstić information content (AvgIpc) is 2.38. The zero-order chi connectivity index (χ0) is 12.1. The molecule has 0 atom stereocenters. The predicted molar refractivity (Wildman–Crippen MR) is 65.0 cm³/mol. The largest absolute Gasteiger partial charge is 0.507 e. The first kappa shape index (κ1) is 11.3. The van der Waals surface area contributed by atoms with E-state index in [0.29, 0.717) is 18.4 Å². The molecule has 0 spiro atoms. The van der Waals surface area contributed by atoms with Crippen LogP contribution in [0.4, 0.5) is 0 Å². The highest BCUT2D eigenvalue weighted by Crippen LogP contribution is 2.18. The summed E-state index contributed by atoms with van der Waals surface area (Å²) in [4.78, 5) is 16.0. The number of nitrogens with zero attached hydrogens (tertiary/aromatic N) is 1. The third-order valence-corrected chi connectivity index (χ3v) is 2.54. The van der Waals surface area contributed by atoms with Crippen LogP contribution >= 0.6 is 0 Å². The third-order valence-electron chi connectivity index (χ3n) is 2.54.